The van der Waals surface area contributed by atoms with E-state index in [0.29, 0.717) is 10.8 Å². The molecule has 2 rings (SSSR count). The third-order valence-corrected chi connectivity index (χ3v) is 1.47. The maximum Gasteiger partial charge on any atom is 0.178 e. The number of nitrogens with zero attached hydrogens (tertiary/aromatic N) is 3. The topological polar surface area (TPSA) is 38.7 Å². The maximum atomic E-state index is 5.62. The highest BCUT2D eigenvalue weighted by Gasteiger charge is 1.95. The Balaban J connectivity index is 0.000000720. The van der Waals surface area contributed by atoms with Gasteiger partial charge in [0.2, 0.25) is 0 Å². The predicted molar refractivity (Wildman–Crippen MR) is 56.8 cm³/mol. The molecule has 0 aliphatic rings. The minimum absolute atomic E-state index is 0. The molecule has 2 aromatic rings. The second-order valence-corrected chi connectivity index (χ2v) is 2.43. The normalized spacial score (nSPS) is 8.69. The van der Waals surface area contributed by atoms with Gasteiger partial charge in [0.1, 0.15) is 10.7 Å². The first-order valence-corrected chi connectivity index (χ1v) is 3.47. The molecular weight excluding hydrogens is 232 g/mol. The Morgan fingerprint density at radius 2 is 1.92 bits per heavy atom. The van der Waals surface area contributed by atoms with Crippen molar-refractivity contribution in [1.29, 1.82) is 0 Å². The fourth-order valence-corrected chi connectivity index (χ4v) is 0.973. The fourth-order valence-electron chi connectivity index (χ4n) is 0.834. The van der Waals surface area contributed by atoms with Crippen LogP contribution in [-0.4, -0.2) is 15.0 Å². The highest BCUT2D eigenvalue weighted by Crippen LogP contribution is 2.08. The van der Waals surface area contributed by atoms with Crippen molar-refractivity contribution in [3.63, 3.8) is 0 Å². The molecule has 0 radical (unpaired) electrons. The van der Waals surface area contributed by atoms with Gasteiger partial charge in [-0.1, -0.05) is 11.6 Å². The van der Waals surface area contributed by atoms with Gasteiger partial charge in [-0.15, -0.1) is 24.8 Å². The highest BCUT2D eigenvalue weighted by atomic mass is 35.5. The fraction of sp³-hybridized carbons (Fsp3) is 0. The van der Waals surface area contributed by atoms with Crippen molar-refractivity contribution < 1.29 is 0 Å². The van der Waals surface area contributed by atoms with Crippen LogP contribution in [0.3, 0.4) is 0 Å². The van der Waals surface area contributed by atoms with Crippen molar-refractivity contribution >= 4 is 47.6 Å². The van der Waals surface area contributed by atoms with Gasteiger partial charge < -0.3 is 0 Å². The van der Waals surface area contributed by atoms with E-state index in [1.807, 2.05) is 6.07 Å². The SMILES string of the molecule is Cl.Cl.Clc1cnc2ncccc2n1. The van der Waals surface area contributed by atoms with Gasteiger partial charge in [0.05, 0.1) is 6.20 Å². The second kappa shape index (κ2) is 5.17. The number of hydrogen-bond donors (Lipinski definition) is 0. The monoisotopic (exact) mass is 237 g/mol. The van der Waals surface area contributed by atoms with Crippen LogP contribution in [0.15, 0.2) is 24.5 Å². The predicted octanol–water partition coefficient (Wildman–Crippen LogP) is 2.52. The summed E-state index contributed by atoms with van der Waals surface area (Å²) in [6, 6.07) is 3.62. The van der Waals surface area contributed by atoms with Crippen molar-refractivity contribution in [1.82, 2.24) is 15.0 Å². The summed E-state index contributed by atoms with van der Waals surface area (Å²) < 4.78 is 0. The van der Waals surface area contributed by atoms with Crippen LogP contribution in [0.2, 0.25) is 5.15 Å². The first-order chi connectivity index (χ1) is 5.36. The zero-order valence-electron chi connectivity index (χ0n) is 6.35. The molecule has 13 heavy (non-hydrogen) atoms. The van der Waals surface area contributed by atoms with E-state index in [4.69, 9.17) is 11.6 Å². The summed E-state index contributed by atoms with van der Waals surface area (Å²) >= 11 is 5.62. The molecule has 70 valence electrons. The Bertz CT molecular complexity index is 393. The zero-order valence-corrected chi connectivity index (χ0v) is 8.73. The van der Waals surface area contributed by atoms with E-state index < -0.39 is 0 Å². The largest absolute Gasteiger partial charge is 0.235 e. The lowest BCUT2D eigenvalue weighted by atomic mass is 10.4. The van der Waals surface area contributed by atoms with Gasteiger partial charge in [0.15, 0.2) is 5.65 Å². The first-order valence-electron chi connectivity index (χ1n) is 3.09. The van der Waals surface area contributed by atoms with E-state index in [2.05, 4.69) is 15.0 Å². The summed E-state index contributed by atoms with van der Waals surface area (Å²) in [4.78, 5) is 12.0. The molecule has 0 fully saturated rings. The quantitative estimate of drug-likeness (QED) is 0.708. The summed E-state index contributed by atoms with van der Waals surface area (Å²) in [5.74, 6) is 0. The van der Waals surface area contributed by atoms with Crippen LogP contribution in [0.25, 0.3) is 11.2 Å². The second-order valence-electron chi connectivity index (χ2n) is 2.04. The standard InChI is InChI=1S/C7H4ClN3.2ClH/c8-6-4-10-7-5(11-6)2-1-3-9-7;;/h1-4H;2*1H. The number of fused-ring (bicyclic) bond motifs is 1. The molecule has 0 unspecified atom stereocenters. The summed E-state index contributed by atoms with van der Waals surface area (Å²) in [5, 5.41) is 0.394. The van der Waals surface area contributed by atoms with Crippen molar-refractivity contribution in [2.24, 2.45) is 0 Å². The van der Waals surface area contributed by atoms with Gasteiger partial charge in [-0.2, -0.15) is 0 Å². The van der Waals surface area contributed by atoms with Crippen molar-refractivity contribution in [3.8, 4) is 0 Å². The number of hydrogen-bond acceptors (Lipinski definition) is 3. The molecule has 0 bridgehead atoms. The van der Waals surface area contributed by atoms with Crippen LogP contribution >= 0.6 is 36.4 Å². The number of aromatic nitrogens is 3. The van der Waals surface area contributed by atoms with Crippen LogP contribution in [0.5, 0.6) is 0 Å². The molecule has 0 aliphatic carbocycles. The van der Waals surface area contributed by atoms with Gasteiger partial charge in [-0.3, -0.25) is 0 Å². The molecular formula is C7H6Cl3N3. The Morgan fingerprint density at radius 3 is 2.69 bits per heavy atom. The molecule has 2 heterocycles. The summed E-state index contributed by atoms with van der Waals surface area (Å²) in [7, 11) is 0. The molecule has 0 N–H and O–H groups in total. The molecule has 6 heteroatoms. The Labute approximate surface area is 92.4 Å². The molecule has 0 saturated heterocycles. The van der Waals surface area contributed by atoms with Crippen LogP contribution < -0.4 is 0 Å². The minimum Gasteiger partial charge on any atom is -0.235 e. The van der Waals surface area contributed by atoms with E-state index in [1.54, 1.807) is 12.3 Å². The lowest BCUT2D eigenvalue weighted by Gasteiger charge is -1.92. The average molecular weight is 239 g/mol. The maximum absolute atomic E-state index is 5.62. The third kappa shape index (κ3) is 2.66. The van der Waals surface area contributed by atoms with Crippen LogP contribution in [0, 0.1) is 0 Å². The molecule has 0 spiro atoms. The van der Waals surface area contributed by atoms with Crippen LogP contribution in [0.4, 0.5) is 0 Å². The van der Waals surface area contributed by atoms with Gasteiger partial charge in [0, 0.05) is 6.20 Å². The smallest absolute Gasteiger partial charge is 0.178 e. The molecule has 2 aromatic heterocycles. The van der Waals surface area contributed by atoms with Gasteiger partial charge in [-0.05, 0) is 12.1 Å². The molecule has 0 saturated carbocycles. The van der Waals surface area contributed by atoms with Crippen molar-refractivity contribution in [3.05, 3.63) is 29.7 Å². The lowest BCUT2D eigenvalue weighted by Crippen LogP contribution is -1.85. The summed E-state index contributed by atoms with van der Waals surface area (Å²) in [6.45, 7) is 0. The highest BCUT2D eigenvalue weighted by molar-refractivity contribution is 6.29. The van der Waals surface area contributed by atoms with Gasteiger partial charge in [-0.25, -0.2) is 15.0 Å². The number of rotatable bonds is 0. The molecule has 0 aliphatic heterocycles. The Morgan fingerprint density at radius 1 is 1.15 bits per heavy atom. The van der Waals surface area contributed by atoms with Gasteiger partial charge in [0.25, 0.3) is 0 Å². The molecule has 0 atom stereocenters. The zero-order chi connectivity index (χ0) is 7.68. The summed E-state index contributed by atoms with van der Waals surface area (Å²) in [6.07, 6.45) is 3.15. The van der Waals surface area contributed by atoms with E-state index in [9.17, 15) is 0 Å². The van der Waals surface area contributed by atoms with Crippen LogP contribution in [-0.2, 0) is 0 Å². The van der Waals surface area contributed by atoms with Crippen molar-refractivity contribution in [2.75, 3.05) is 0 Å². The summed E-state index contributed by atoms with van der Waals surface area (Å²) in [5.41, 5.74) is 1.34. The Hall–Kier alpha value is -0.640. The van der Waals surface area contributed by atoms with E-state index >= 15 is 0 Å². The van der Waals surface area contributed by atoms with Gasteiger partial charge >= 0.3 is 0 Å². The first kappa shape index (κ1) is 12.4. The van der Waals surface area contributed by atoms with Crippen molar-refractivity contribution in [2.45, 2.75) is 0 Å². The Kier molecular flexibility index (Phi) is 4.91. The molecule has 0 amide bonds. The number of pyridine rings is 1. The van der Waals surface area contributed by atoms with Crippen LogP contribution in [0.1, 0.15) is 0 Å². The van der Waals surface area contributed by atoms with E-state index in [0.717, 1.165) is 5.52 Å². The molecule has 0 aromatic carbocycles. The minimum atomic E-state index is 0. The number of halogens is 3. The lowest BCUT2D eigenvalue weighted by molar-refractivity contribution is 1.22. The van der Waals surface area contributed by atoms with E-state index in [-0.39, 0.29) is 24.8 Å². The third-order valence-electron chi connectivity index (χ3n) is 1.29. The molecule has 3 nitrogen and oxygen atoms in total. The average Bonchev–Trinajstić information content (AvgIpc) is 2.04. The van der Waals surface area contributed by atoms with E-state index in [1.165, 1.54) is 6.20 Å².